The second-order valence-corrected chi connectivity index (χ2v) is 6.84. The van der Waals surface area contributed by atoms with Gasteiger partial charge in [0.2, 0.25) is 0 Å². The monoisotopic (exact) mass is 411 g/mol. The first-order chi connectivity index (χ1) is 14.1. The third-order valence-corrected chi connectivity index (χ3v) is 5.11. The van der Waals surface area contributed by atoms with Gasteiger partial charge in [0.15, 0.2) is 0 Å². The fourth-order valence-electron chi connectivity index (χ4n) is 2.71. The Morgan fingerprint density at radius 2 is 1.90 bits per heavy atom. The lowest BCUT2D eigenvalue weighted by Crippen LogP contribution is -2.38. The molecule has 0 spiro atoms. The number of carbonyl (C=O) groups excluding carboxylic acids is 2. The Kier molecular flexibility index (Phi) is 6.49. The summed E-state index contributed by atoms with van der Waals surface area (Å²) in [4.78, 5) is 31.0. The molecule has 0 bridgehead atoms. The summed E-state index contributed by atoms with van der Waals surface area (Å²) in [5, 5.41) is 9.80. The quantitative estimate of drug-likeness (QED) is 0.687. The molecule has 0 saturated heterocycles. The maximum Gasteiger partial charge on any atom is 0.355 e. The molecule has 29 heavy (non-hydrogen) atoms. The zero-order valence-corrected chi connectivity index (χ0v) is 16.6. The number of benzene rings is 1. The van der Waals surface area contributed by atoms with E-state index in [4.69, 9.17) is 14.2 Å². The molecule has 1 aromatic heterocycles. The molecule has 1 aromatic carbocycles. The van der Waals surface area contributed by atoms with E-state index in [1.807, 2.05) is 12.1 Å². The third-order valence-electron chi connectivity index (χ3n) is 4.09. The van der Waals surface area contributed by atoms with Gasteiger partial charge in [-0.2, -0.15) is 5.26 Å². The first-order valence-electron chi connectivity index (χ1n) is 8.47. The molecule has 2 aromatic rings. The molecular weight excluding hydrogens is 394 g/mol. The Morgan fingerprint density at radius 1 is 1.17 bits per heavy atom. The number of rotatable bonds is 5. The van der Waals surface area contributed by atoms with Crippen molar-refractivity contribution in [2.24, 2.45) is 0 Å². The molecule has 2 heterocycles. The highest BCUT2D eigenvalue weighted by Gasteiger charge is 2.32. The molecule has 9 heteroatoms. The van der Waals surface area contributed by atoms with Crippen LogP contribution in [0.2, 0.25) is 0 Å². The highest BCUT2D eigenvalue weighted by atomic mass is 32.2. The van der Waals surface area contributed by atoms with Crippen LogP contribution >= 0.6 is 11.8 Å². The van der Waals surface area contributed by atoms with Crippen LogP contribution in [0.1, 0.15) is 5.56 Å². The average Bonchev–Trinajstić information content (AvgIpc) is 2.78. The number of methoxy groups -OCH3 is 2. The van der Waals surface area contributed by atoms with Gasteiger partial charge in [-0.05, 0) is 36.4 Å². The average molecular weight is 411 g/mol. The van der Waals surface area contributed by atoms with Gasteiger partial charge in [0.1, 0.15) is 23.5 Å². The van der Waals surface area contributed by atoms with Gasteiger partial charge in [0.05, 0.1) is 32.0 Å². The van der Waals surface area contributed by atoms with Crippen LogP contribution in [0.15, 0.2) is 63.8 Å². The van der Waals surface area contributed by atoms with E-state index in [0.29, 0.717) is 16.3 Å². The molecule has 0 fully saturated rings. The molecule has 0 N–H and O–H groups in total. The van der Waals surface area contributed by atoms with E-state index in [9.17, 15) is 14.9 Å². The highest BCUT2D eigenvalue weighted by molar-refractivity contribution is 7.99. The van der Waals surface area contributed by atoms with Gasteiger partial charge in [-0.3, -0.25) is 0 Å². The van der Waals surface area contributed by atoms with E-state index in [2.05, 4.69) is 11.1 Å². The molecule has 0 saturated carbocycles. The van der Waals surface area contributed by atoms with Crippen molar-refractivity contribution in [2.45, 2.75) is 9.92 Å². The van der Waals surface area contributed by atoms with Gasteiger partial charge >= 0.3 is 11.9 Å². The minimum absolute atomic E-state index is 0.0435. The summed E-state index contributed by atoms with van der Waals surface area (Å²) in [7, 11) is 2.49. The van der Waals surface area contributed by atoms with Crippen LogP contribution in [-0.4, -0.2) is 44.5 Å². The molecule has 3 rings (SSSR count). The Balaban J connectivity index is 1.91. The topological polar surface area (TPSA) is 102 Å². The van der Waals surface area contributed by atoms with E-state index >= 15 is 0 Å². The zero-order valence-electron chi connectivity index (χ0n) is 15.7. The van der Waals surface area contributed by atoms with Gasteiger partial charge in [0.25, 0.3) is 0 Å². The van der Waals surface area contributed by atoms with Crippen molar-refractivity contribution in [3.63, 3.8) is 0 Å². The lowest BCUT2D eigenvalue weighted by atomic mass is 10.1. The predicted molar refractivity (Wildman–Crippen MR) is 104 cm³/mol. The van der Waals surface area contributed by atoms with E-state index in [0.717, 1.165) is 4.90 Å². The van der Waals surface area contributed by atoms with Crippen molar-refractivity contribution in [1.29, 1.82) is 5.26 Å². The van der Waals surface area contributed by atoms with Crippen LogP contribution in [0, 0.1) is 11.3 Å². The number of hydrogen-bond donors (Lipinski definition) is 0. The van der Waals surface area contributed by atoms with E-state index in [1.54, 1.807) is 35.4 Å². The summed E-state index contributed by atoms with van der Waals surface area (Å²) < 4.78 is 15.1. The zero-order chi connectivity index (χ0) is 20.8. The minimum Gasteiger partial charge on any atom is -0.466 e. The Labute approximate surface area is 171 Å². The first-order valence-corrected chi connectivity index (χ1v) is 9.28. The molecule has 0 radical (unpaired) electrons. The normalized spacial score (nSPS) is 13.6. The maximum absolute atomic E-state index is 12.3. The molecule has 0 aliphatic carbocycles. The van der Waals surface area contributed by atoms with Crippen LogP contribution < -0.4 is 4.90 Å². The maximum atomic E-state index is 12.3. The number of anilines is 1. The van der Waals surface area contributed by atoms with E-state index in [1.165, 1.54) is 26.0 Å². The van der Waals surface area contributed by atoms with Crippen molar-refractivity contribution in [3.8, 4) is 6.07 Å². The largest absolute Gasteiger partial charge is 0.466 e. The summed E-state index contributed by atoms with van der Waals surface area (Å²) in [6.07, 6.45) is 1.63. The summed E-state index contributed by atoms with van der Waals surface area (Å²) in [5.41, 5.74) is 1.31. The first kappa shape index (κ1) is 20.4. The van der Waals surface area contributed by atoms with Crippen molar-refractivity contribution in [2.75, 3.05) is 32.5 Å². The van der Waals surface area contributed by atoms with Crippen LogP contribution in [0.25, 0.3) is 0 Å². The summed E-state index contributed by atoms with van der Waals surface area (Å²) in [6.45, 7) is 0.0361. The summed E-state index contributed by atoms with van der Waals surface area (Å²) in [6, 6.07) is 12.8. The number of pyridine rings is 1. The molecule has 0 atom stereocenters. The van der Waals surface area contributed by atoms with Crippen LogP contribution in [0.4, 0.5) is 5.69 Å². The molecule has 8 nitrogen and oxygen atoms in total. The van der Waals surface area contributed by atoms with Gasteiger partial charge in [0, 0.05) is 16.8 Å². The van der Waals surface area contributed by atoms with Gasteiger partial charge in [-0.25, -0.2) is 14.6 Å². The van der Waals surface area contributed by atoms with Crippen LogP contribution in [0.5, 0.6) is 0 Å². The molecule has 1 aliphatic rings. The van der Waals surface area contributed by atoms with Gasteiger partial charge < -0.3 is 19.1 Å². The molecule has 1 aliphatic heterocycles. The van der Waals surface area contributed by atoms with Crippen LogP contribution in [0.3, 0.4) is 0 Å². The minimum atomic E-state index is -0.653. The van der Waals surface area contributed by atoms with E-state index in [-0.39, 0.29) is 24.6 Å². The van der Waals surface area contributed by atoms with Crippen molar-refractivity contribution >= 4 is 29.4 Å². The Bertz CT molecular complexity index is 998. The smallest absolute Gasteiger partial charge is 0.355 e. The van der Waals surface area contributed by atoms with Crippen LogP contribution in [-0.2, 0) is 23.8 Å². The second kappa shape index (κ2) is 9.23. The van der Waals surface area contributed by atoms with Crippen molar-refractivity contribution in [1.82, 2.24) is 4.98 Å². The van der Waals surface area contributed by atoms with Gasteiger partial charge in [-0.15, -0.1) is 0 Å². The standard InChI is InChI=1S/C20H17N3O5S/c1-26-19(24)16-11-28-12-23(17(16)20(25)27-2)14-5-7-15(8-6-14)29-18-13(10-21)4-3-9-22-18/h3-9H,11-12H2,1-2H3. The van der Waals surface area contributed by atoms with Crippen molar-refractivity contribution < 1.29 is 23.8 Å². The fourth-order valence-corrected chi connectivity index (χ4v) is 3.54. The molecule has 0 amide bonds. The molecule has 148 valence electrons. The number of nitrogens with zero attached hydrogens (tertiary/aromatic N) is 3. The molecular formula is C20H17N3O5S. The number of esters is 2. The second-order valence-electron chi connectivity index (χ2n) is 5.78. The van der Waals surface area contributed by atoms with Crippen molar-refractivity contribution in [3.05, 3.63) is 59.4 Å². The number of hydrogen-bond acceptors (Lipinski definition) is 9. The molecule has 0 unspecified atom stereocenters. The Hall–Kier alpha value is -3.35. The number of nitriles is 1. The van der Waals surface area contributed by atoms with Gasteiger partial charge in [-0.1, -0.05) is 11.8 Å². The number of aromatic nitrogens is 1. The summed E-state index contributed by atoms with van der Waals surface area (Å²) in [5.74, 6) is -1.30. The van der Waals surface area contributed by atoms with E-state index < -0.39 is 11.9 Å². The third kappa shape index (κ3) is 4.39. The lowest BCUT2D eigenvalue weighted by molar-refractivity contribution is -0.140. The summed E-state index contributed by atoms with van der Waals surface area (Å²) >= 11 is 1.35. The fraction of sp³-hybridized carbons (Fsp3) is 0.200. The SMILES string of the molecule is COC(=O)C1=C(C(=O)OC)N(c2ccc(Sc3ncccc3C#N)cc2)COC1. The Morgan fingerprint density at radius 3 is 2.55 bits per heavy atom. The number of carbonyl (C=O) groups is 2. The highest BCUT2D eigenvalue weighted by Crippen LogP contribution is 2.32. The lowest BCUT2D eigenvalue weighted by Gasteiger charge is -2.31. The predicted octanol–water partition coefficient (Wildman–Crippen LogP) is 2.50. The number of ether oxygens (including phenoxy) is 3.